The van der Waals surface area contributed by atoms with Crippen LogP contribution in [0.4, 0.5) is 0 Å². The van der Waals surface area contributed by atoms with E-state index in [1.54, 1.807) is 6.20 Å². The Morgan fingerprint density at radius 1 is 1.15 bits per heavy atom. The zero-order valence-electron chi connectivity index (χ0n) is 15.1. The molecule has 1 aromatic carbocycles. The fraction of sp³-hybridized carbons (Fsp3) is 0.238. The van der Waals surface area contributed by atoms with E-state index in [1.807, 2.05) is 24.3 Å². The third-order valence-electron chi connectivity index (χ3n) is 4.90. The van der Waals surface area contributed by atoms with Gasteiger partial charge in [-0.05, 0) is 61.1 Å². The number of aryl methyl sites for hydroxylation is 1. The fourth-order valence-electron chi connectivity index (χ4n) is 3.72. The van der Waals surface area contributed by atoms with Gasteiger partial charge in [-0.3, -0.25) is 4.98 Å². The highest BCUT2D eigenvalue weighted by atomic mass is 32.1. The van der Waals surface area contributed by atoms with Crippen LogP contribution in [0.15, 0.2) is 67.0 Å². The number of aliphatic hydroxyl groups excluding tert-OH is 1. The molecule has 0 radical (unpaired) electrons. The van der Waals surface area contributed by atoms with E-state index >= 15 is 0 Å². The van der Waals surface area contributed by atoms with Crippen molar-refractivity contribution in [3.05, 3.63) is 83.9 Å². The average molecular weight is 379 g/mol. The SMILES string of the molecule is Cc1cccc(-n2cccc2[C@@H]2[C@@H](c3ccccn3)NC(=S)N2CCO)c1. The molecule has 2 aromatic heterocycles. The Morgan fingerprint density at radius 2 is 2.04 bits per heavy atom. The van der Waals surface area contributed by atoms with E-state index in [0.717, 1.165) is 17.1 Å². The molecule has 0 amide bonds. The maximum Gasteiger partial charge on any atom is 0.170 e. The van der Waals surface area contributed by atoms with Crippen molar-refractivity contribution < 1.29 is 5.11 Å². The molecule has 1 saturated heterocycles. The molecule has 6 heteroatoms. The Bertz CT molecular complexity index is 940. The van der Waals surface area contributed by atoms with Gasteiger partial charge in [-0.2, -0.15) is 0 Å². The number of β-amino-alcohol motifs (C(OH)–C–C–N with tert-alkyl or cyclic N) is 1. The van der Waals surface area contributed by atoms with E-state index in [2.05, 4.69) is 63.2 Å². The largest absolute Gasteiger partial charge is 0.395 e. The van der Waals surface area contributed by atoms with Crippen LogP contribution in [0, 0.1) is 6.92 Å². The standard InChI is InChI=1S/C21H22N4OS/c1-15-6-4-7-16(14-15)24-11-5-9-18(24)20-19(17-8-2-3-10-22-17)23-21(27)25(20)12-13-26/h2-11,14,19-20,26H,12-13H2,1H3,(H,23,27)/t19-,20-/m1/s1. The first-order chi connectivity index (χ1) is 13.2. The van der Waals surface area contributed by atoms with Gasteiger partial charge in [0, 0.05) is 30.3 Å². The van der Waals surface area contributed by atoms with E-state index in [0.29, 0.717) is 11.7 Å². The summed E-state index contributed by atoms with van der Waals surface area (Å²) in [5.74, 6) is 0. The number of benzene rings is 1. The zero-order valence-corrected chi connectivity index (χ0v) is 15.9. The Morgan fingerprint density at radius 3 is 2.78 bits per heavy atom. The highest BCUT2D eigenvalue weighted by Gasteiger charge is 2.40. The van der Waals surface area contributed by atoms with Crippen LogP contribution in [-0.4, -0.2) is 37.8 Å². The van der Waals surface area contributed by atoms with E-state index in [4.69, 9.17) is 12.2 Å². The normalized spacial score (nSPS) is 19.3. The summed E-state index contributed by atoms with van der Waals surface area (Å²) in [5, 5.41) is 13.6. The number of hydrogen-bond acceptors (Lipinski definition) is 3. The summed E-state index contributed by atoms with van der Waals surface area (Å²) in [4.78, 5) is 6.60. The summed E-state index contributed by atoms with van der Waals surface area (Å²) in [6.45, 7) is 2.60. The molecule has 0 bridgehead atoms. The predicted octanol–water partition coefficient (Wildman–Crippen LogP) is 3.15. The van der Waals surface area contributed by atoms with Crippen molar-refractivity contribution in [1.82, 2.24) is 19.8 Å². The molecular formula is C21H22N4OS. The van der Waals surface area contributed by atoms with E-state index in [1.165, 1.54) is 5.56 Å². The molecule has 0 saturated carbocycles. The van der Waals surface area contributed by atoms with Crippen molar-refractivity contribution in [3.8, 4) is 5.69 Å². The molecule has 5 nitrogen and oxygen atoms in total. The molecule has 1 fully saturated rings. The number of rotatable bonds is 5. The van der Waals surface area contributed by atoms with E-state index in [-0.39, 0.29) is 18.7 Å². The molecule has 3 heterocycles. The molecule has 0 aliphatic carbocycles. The summed E-state index contributed by atoms with van der Waals surface area (Å²) in [6, 6.07) is 18.3. The molecule has 4 rings (SSSR count). The minimum atomic E-state index is -0.0799. The van der Waals surface area contributed by atoms with Gasteiger partial charge >= 0.3 is 0 Å². The van der Waals surface area contributed by atoms with Crippen LogP contribution >= 0.6 is 12.2 Å². The van der Waals surface area contributed by atoms with Gasteiger partial charge in [0.1, 0.15) is 0 Å². The molecule has 3 aromatic rings. The van der Waals surface area contributed by atoms with Gasteiger partial charge in [0.2, 0.25) is 0 Å². The Balaban J connectivity index is 1.81. The second kappa shape index (κ2) is 7.50. The third kappa shape index (κ3) is 3.34. The number of nitrogens with zero attached hydrogens (tertiary/aromatic N) is 3. The van der Waals surface area contributed by atoms with Crippen molar-refractivity contribution in [2.75, 3.05) is 13.2 Å². The van der Waals surface area contributed by atoms with Crippen LogP contribution < -0.4 is 5.32 Å². The van der Waals surface area contributed by atoms with Crippen LogP contribution in [0.2, 0.25) is 0 Å². The Kier molecular flexibility index (Phi) is 4.92. The summed E-state index contributed by atoms with van der Waals surface area (Å²) in [6.07, 6.45) is 3.86. The van der Waals surface area contributed by atoms with Crippen molar-refractivity contribution in [2.45, 2.75) is 19.0 Å². The van der Waals surface area contributed by atoms with Crippen molar-refractivity contribution in [3.63, 3.8) is 0 Å². The van der Waals surface area contributed by atoms with Gasteiger partial charge in [-0.1, -0.05) is 18.2 Å². The van der Waals surface area contributed by atoms with E-state index in [9.17, 15) is 5.11 Å². The lowest BCUT2D eigenvalue weighted by Gasteiger charge is -2.28. The first kappa shape index (κ1) is 17.7. The lowest BCUT2D eigenvalue weighted by atomic mass is 10.0. The van der Waals surface area contributed by atoms with Crippen LogP contribution in [0.1, 0.15) is 29.0 Å². The van der Waals surface area contributed by atoms with Gasteiger partial charge in [0.15, 0.2) is 5.11 Å². The number of aliphatic hydroxyl groups is 1. The minimum absolute atomic E-state index is 0.0401. The summed E-state index contributed by atoms with van der Waals surface area (Å²) >= 11 is 5.58. The first-order valence-corrected chi connectivity index (χ1v) is 9.43. The fourth-order valence-corrected chi connectivity index (χ4v) is 4.06. The molecule has 2 N–H and O–H groups in total. The second-order valence-corrected chi connectivity index (χ2v) is 7.07. The molecule has 2 atom stereocenters. The zero-order chi connectivity index (χ0) is 18.8. The smallest absolute Gasteiger partial charge is 0.170 e. The molecule has 1 aliphatic rings. The lowest BCUT2D eigenvalue weighted by Crippen LogP contribution is -2.32. The Labute approximate surface area is 164 Å². The molecule has 1 aliphatic heterocycles. The van der Waals surface area contributed by atoms with Crippen LogP contribution in [0.5, 0.6) is 0 Å². The van der Waals surface area contributed by atoms with Gasteiger partial charge in [0.25, 0.3) is 0 Å². The highest BCUT2D eigenvalue weighted by Crippen LogP contribution is 2.39. The first-order valence-electron chi connectivity index (χ1n) is 9.02. The average Bonchev–Trinajstić information content (AvgIpc) is 3.28. The summed E-state index contributed by atoms with van der Waals surface area (Å²) < 4.78 is 2.19. The third-order valence-corrected chi connectivity index (χ3v) is 5.25. The van der Waals surface area contributed by atoms with Crippen molar-refractivity contribution in [2.24, 2.45) is 0 Å². The Hall–Kier alpha value is -2.70. The number of aromatic nitrogens is 2. The van der Waals surface area contributed by atoms with Gasteiger partial charge in [-0.25, -0.2) is 0 Å². The molecule has 0 unspecified atom stereocenters. The van der Waals surface area contributed by atoms with Crippen LogP contribution in [0.3, 0.4) is 0 Å². The summed E-state index contributed by atoms with van der Waals surface area (Å²) in [5.41, 5.74) is 4.36. The lowest BCUT2D eigenvalue weighted by molar-refractivity contribution is 0.220. The van der Waals surface area contributed by atoms with Crippen molar-refractivity contribution in [1.29, 1.82) is 0 Å². The number of thiocarbonyl (C=S) groups is 1. The summed E-state index contributed by atoms with van der Waals surface area (Å²) in [7, 11) is 0. The topological polar surface area (TPSA) is 53.3 Å². The van der Waals surface area contributed by atoms with E-state index < -0.39 is 0 Å². The van der Waals surface area contributed by atoms with Crippen LogP contribution in [0.25, 0.3) is 5.69 Å². The second-order valence-electron chi connectivity index (χ2n) is 6.69. The number of pyridine rings is 1. The molecule has 0 spiro atoms. The molecule has 27 heavy (non-hydrogen) atoms. The highest BCUT2D eigenvalue weighted by molar-refractivity contribution is 7.80. The maximum atomic E-state index is 9.59. The van der Waals surface area contributed by atoms with Gasteiger partial charge < -0.3 is 19.9 Å². The predicted molar refractivity (Wildman–Crippen MR) is 110 cm³/mol. The quantitative estimate of drug-likeness (QED) is 0.668. The van der Waals surface area contributed by atoms with Crippen LogP contribution in [-0.2, 0) is 0 Å². The number of nitrogens with one attached hydrogen (secondary N) is 1. The monoisotopic (exact) mass is 378 g/mol. The maximum absolute atomic E-state index is 9.59. The molecular weight excluding hydrogens is 356 g/mol. The van der Waals surface area contributed by atoms with Crippen molar-refractivity contribution >= 4 is 17.3 Å². The van der Waals surface area contributed by atoms with Gasteiger partial charge in [0.05, 0.1) is 24.4 Å². The molecule has 138 valence electrons. The number of hydrogen-bond donors (Lipinski definition) is 2. The minimum Gasteiger partial charge on any atom is -0.395 e. The van der Waals surface area contributed by atoms with Gasteiger partial charge in [-0.15, -0.1) is 0 Å².